The van der Waals surface area contributed by atoms with E-state index < -0.39 is 6.61 Å². The van der Waals surface area contributed by atoms with Crippen molar-refractivity contribution in [2.45, 2.75) is 58.0 Å². The van der Waals surface area contributed by atoms with E-state index >= 15 is 0 Å². The van der Waals surface area contributed by atoms with Gasteiger partial charge >= 0.3 is 6.61 Å². The highest BCUT2D eigenvalue weighted by atomic mass is 19.3. The molecular weight excluding hydrogens is 366 g/mol. The Morgan fingerprint density at radius 2 is 1.69 bits per heavy atom. The van der Waals surface area contributed by atoms with Crippen molar-refractivity contribution in [3.63, 3.8) is 0 Å². The summed E-state index contributed by atoms with van der Waals surface area (Å²) in [6, 6.07) is 15.6. The van der Waals surface area contributed by atoms with Crippen LogP contribution >= 0.6 is 0 Å². The summed E-state index contributed by atoms with van der Waals surface area (Å²) in [5.41, 5.74) is 3.69. The summed E-state index contributed by atoms with van der Waals surface area (Å²) in [6.07, 6.45) is 11.3. The molecule has 0 N–H and O–H groups in total. The molecule has 3 rings (SSSR count). The number of allylic oxidation sites excluding steroid dienone is 2. The van der Waals surface area contributed by atoms with E-state index in [-0.39, 0.29) is 5.75 Å². The molecule has 0 atom stereocenters. The van der Waals surface area contributed by atoms with Gasteiger partial charge in [-0.05, 0) is 85.4 Å². The third-order valence-corrected chi connectivity index (χ3v) is 5.51. The zero-order chi connectivity index (χ0) is 20.5. The molecule has 0 unspecified atom stereocenters. The number of hydrogen-bond acceptors (Lipinski definition) is 1. The van der Waals surface area contributed by atoms with E-state index in [0.717, 1.165) is 12.0 Å². The van der Waals surface area contributed by atoms with Crippen LogP contribution in [0.3, 0.4) is 0 Å². The molecule has 0 spiro atoms. The van der Waals surface area contributed by atoms with E-state index in [1.165, 1.54) is 55.4 Å². The van der Waals surface area contributed by atoms with Gasteiger partial charge in [0, 0.05) is 5.56 Å². The second-order valence-electron chi connectivity index (χ2n) is 7.63. The average molecular weight is 395 g/mol. The number of alkyl halides is 2. The Kier molecular flexibility index (Phi) is 7.87. The van der Waals surface area contributed by atoms with E-state index in [1.807, 2.05) is 6.08 Å². The molecule has 29 heavy (non-hydrogen) atoms. The van der Waals surface area contributed by atoms with Gasteiger partial charge in [0.2, 0.25) is 0 Å². The van der Waals surface area contributed by atoms with E-state index in [0.29, 0.717) is 11.8 Å². The number of benzene rings is 2. The van der Waals surface area contributed by atoms with Gasteiger partial charge in [-0.3, -0.25) is 0 Å². The van der Waals surface area contributed by atoms with Crippen molar-refractivity contribution in [2.75, 3.05) is 0 Å². The molecule has 152 valence electrons. The first kappa shape index (κ1) is 21.1. The van der Waals surface area contributed by atoms with Crippen molar-refractivity contribution in [3.05, 3.63) is 77.4 Å². The standard InChI is InChI=1S/C26H28F2O/c1-2-5-20-8-14-23(15-9-20)24-16-10-21(11-17-24)6-3-4-7-22-12-18-25(19-13-22)29-26(27)28/h3,6,8-9,12-15,18-19,21,24,26H,2,5,10-11,16-17H2,1H3/b6-3+/t21-,24-. The van der Waals surface area contributed by atoms with Crippen LogP contribution in [0.5, 0.6) is 5.75 Å². The quantitative estimate of drug-likeness (QED) is 0.474. The number of halogens is 2. The lowest BCUT2D eigenvalue weighted by atomic mass is 9.78. The Bertz CT molecular complexity index is 833. The fourth-order valence-corrected chi connectivity index (χ4v) is 3.92. The highest BCUT2D eigenvalue weighted by Gasteiger charge is 2.20. The molecule has 1 nitrogen and oxygen atoms in total. The van der Waals surface area contributed by atoms with Gasteiger partial charge in [0.1, 0.15) is 5.75 Å². The lowest BCUT2D eigenvalue weighted by Crippen LogP contribution is -2.11. The van der Waals surface area contributed by atoms with Crippen molar-refractivity contribution in [1.82, 2.24) is 0 Å². The van der Waals surface area contributed by atoms with Gasteiger partial charge in [-0.2, -0.15) is 8.78 Å². The van der Waals surface area contributed by atoms with Gasteiger partial charge in [0.25, 0.3) is 0 Å². The van der Waals surface area contributed by atoms with Crippen LogP contribution in [0.25, 0.3) is 0 Å². The van der Waals surface area contributed by atoms with Crippen LogP contribution in [-0.4, -0.2) is 6.61 Å². The van der Waals surface area contributed by atoms with Crippen molar-refractivity contribution in [3.8, 4) is 17.6 Å². The summed E-state index contributed by atoms with van der Waals surface area (Å²) in [7, 11) is 0. The van der Waals surface area contributed by atoms with E-state index in [2.05, 4.69) is 53.8 Å². The molecule has 0 aliphatic heterocycles. The number of ether oxygens (including phenoxy) is 1. The van der Waals surface area contributed by atoms with Gasteiger partial charge in [-0.25, -0.2) is 0 Å². The molecule has 1 fully saturated rings. The summed E-state index contributed by atoms with van der Waals surface area (Å²) in [5, 5.41) is 0. The monoisotopic (exact) mass is 394 g/mol. The van der Waals surface area contributed by atoms with E-state index in [9.17, 15) is 8.78 Å². The summed E-state index contributed by atoms with van der Waals surface area (Å²) in [4.78, 5) is 0. The topological polar surface area (TPSA) is 9.23 Å². The minimum atomic E-state index is -2.80. The Morgan fingerprint density at radius 3 is 2.31 bits per heavy atom. The molecule has 0 aromatic heterocycles. The first-order valence-corrected chi connectivity index (χ1v) is 10.5. The molecule has 3 heteroatoms. The van der Waals surface area contributed by atoms with Gasteiger partial charge in [-0.1, -0.05) is 55.5 Å². The third-order valence-electron chi connectivity index (χ3n) is 5.51. The predicted octanol–water partition coefficient (Wildman–Crippen LogP) is 7.12. The molecule has 2 aromatic rings. The predicted molar refractivity (Wildman–Crippen MR) is 114 cm³/mol. The van der Waals surface area contributed by atoms with Gasteiger partial charge in [0.05, 0.1) is 0 Å². The Morgan fingerprint density at radius 1 is 1.00 bits per heavy atom. The smallest absolute Gasteiger partial charge is 0.387 e. The minimum absolute atomic E-state index is 0.151. The maximum absolute atomic E-state index is 12.2. The SMILES string of the molecule is CCCc1ccc([C@H]2CC[C@H](/C=C/C#Cc3ccc(OC(F)F)cc3)CC2)cc1. The van der Waals surface area contributed by atoms with Gasteiger partial charge in [-0.15, -0.1) is 0 Å². The Labute approximate surface area is 172 Å². The number of aryl methyl sites for hydroxylation is 1. The number of rotatable bonds is 6. The second-order valence-corrected chi connectivity index (χ2v) is 7.63. The van der Waals surface area contributed by atoms with E-state index in [4.69, 9.17) is 0 Å². The lowest BCUT2D eigenvalue weighted by Gasteiger charge is -2.27. The van der Waals surface area contributed by atoms with Crippen molar-refractivity contribution >= 4 is 0 Å². The van der Waals surface area contributed by atoms with Crippen molar-refractivity contribution in [2.24, 2.45) is 5.92 Å². The molecule has 1 saturated carbocycles. The first-order valence-electron chi connectivity index (χ1n) is 10.5. The summed E-state index contributed by atoms with van der Waals surface area (Å²) in [5.74, 6) is 7.50. The fraction of sp³-hybridized carbons (Fsp3) is 0.385. The third kappa shape index (κ3) is 6.75. The highest BCUT2D eigenvalue weighted by molar-refractivity contribution is 5.40. The zero-order valence-electron chi connectivity index (χ0n) is 16.9. The maximum Gasteiger partial charge on any atom is 0.387 e. The molecule has 1 aliphatic rings. The van der Waals surface area contributed by atoms with Crippen LogP contribution < -0.4 is 4.74 Å². The largest absolute Gasteiger partial charge is 0.435 e. The van der Waals surface area contributed by atoms with Crippen LogP contribution in [-0.2, 0) is 6.42 Å². The summed E-state index contributed by atoms with van der Waals surface area (Å²) >= 11 is 0. The van der Waals surface area contributed by atoms with Gasteiger partial charge in [0.15, 0.2) is 0 Å². The Hall–Kier alpha value is -2.60. The molecule has 0 saturated heterocycles. The molecule has 0 amide bonds. The fourth-order valence-electron chi connectivity index (χ4n) is 3.92. The van der Waals surface area contributed by atoms with Crippen LogP contribution in [0.15, 0.2) is 60.7 Å². The van der Waals surface area contributed by atoms with Crippen LogP contribution in [0, 0.1) is 17.8 Å². The van der Waals surface area contributed by atoms with Crippen LogP contribution in [0.1, 0.15) is 61.6 Å². The number of hydrogen-bond donors (Lipinski definition) is 0. The lowest BCUT2D eigenvalue weighted by molar-refractivity contribution is -0.0498. The summed E-state index contributed by atoms with van der Waals surface area (Å²) < 4.78 is 28.6. The first-order chi connectivity index (χ1) is 14.1. The molecule has 0 heterocycles. The molecule has 1 aliphatic carbocycles. The Balaban J connectivity index is 1.46. The average Bonchev–Trinajstić information content (AvgIpc) is 2.73. The van der Waals surface area contributed by atoms with Crippen LogP contribution in [0.4, 0.5) is 8.78 Å². The molecule has 0 radical (unpaired) electrons. The minimum Gasteiger partial charge on any atom is -0.435 e. The molecule has 0 bridgehead atoms. The zero-order valence-corrected chi connectivity index (χ0v) is 16.9. The summed E-state index contributed by atoms with van der Waals surface area (Å²) in [6.45, 7) is -0.584. The van der Waals surface area contributed by atoms with Crippen molar-refractivity contribution in [1.29, 1.82) is 0 Å². The maximum atomic E-state index is 12.2. The second kappa shape index (κ2) is 10.8. The molecular formula is C26H28F2O. The van der Waals surface area contributed by atoms with Crippen molar-refractivity contribution < 1.29 is 13.5 Å². The highest BCUT2D eigenvalue weighted by Crippen LogP contribution is 2.36. The normalized spacial score (nSPS) is 19.2. The van der Waals surface area contributed by atoms with Crippen LogP contribution in [0.2, 0.25) is 0 Å². The van der Waals surface area contributed by atoms with E-state index in [1.54, 1.807) is 12.1 Å². The molecule has 2 aromatic carbocycles. The van der Waals surface area contributed by atoms with Gasteiger partial charge < -0.3 is 4.74 Å².